The van der Waals surface area contributed by atoms with E-state index in [0.717, 1.165) is 41.2 Å². The Hall–Kier alpha value is -1.92. The Morgan fingerprint density at radius 1 is 1.40 bits per heavy atom. The predicted octanol–water partition coefficient (Wildman–Crippen LogP) is 4.08. The summed E-state index contributed by atoms with van der Waals surface area (Å²) in [6, 6.07) is 5.82. The second kappa shape index (κ2) is 7.54. The van der Waals surface area contributed by atoms with Crippen molar-refractivity contribution in [2.75, 3.05) is 32.7 Å². The van der Waals surface area contributed by atoms with Crippen molar-refractivity contribution in [3.05, 3.63) is 34.3 Å². The Morgan fingerprint density at radius 3 is 2.88 bits per heavy atom. The second-order valence-electron chi connectivity index (χ2n) is 6.28. The highest BCUT2D eigenvalue weighted by Crippen LogP contribution is 2.41. The number of esters is 1. The fraction of sp³-hybridized carbons (Fsp3) is 0.474. The van der Waals surface area contributed by atoms with Crippen LogP contribution in [0.2, 0.25) is 0 Å². The standard InChI is InChI=1S/C19H24N2O3S/c1-5-24-16-8-6-7-15-17(16)25-18(20-15)13-10-9-12(21(2)3)11-14(13)19(22)23-4/h9-11,16H,5-8H2,1-4H3. The minimum Gasteiger partial charge on any atom is -0.465 e. The minimum atomic E-state index is -0.340. The van der Waals surface area contributed by atoms with E-state index in [1.165, 1.54) is 12.0 Å². The molecule has 0 amide bonds. The monoisotopic (exact) mass is 360 g/mol. The SMILES string of the molecule is CCOC1CCCc2nc(-c3ccc(N(C)C)cc3C(=O)OC)sc21. The molecule has 1 aromatic carbocycles. The number of carbonyl (C=O) groups is 1. The number of benzene rings is 1. The summed E-state index contributed by atoms with van der Waals surface area (Å²) in [5.41, 5.74) is 3.44. The summed E-state index contributed by atoms with van der Waals surface area (Å²) in [4.78, 5) is 20.3. The third kappa shape index (κ3) is 3.55. The van der Waals surface area contributed by atoms with E-state index in [-0.39, 0.29) is 12.1 Å². The molecule has 0 fully saturated rings. The van der Waals surface area contributed by atoms with Crippen LogP contribution in [0.1, 0.15) is 46.8 Å². The topological polar surface area (TPSA) is 51.7 Å². The van der Waals surface area contributed by atoms with Gasteiger partial charge < -0.3 is 14.4 Å². The number of aryl methyl sites for hydroxylation is 1. The zero-order valence-corrected chi connectivity index (χ0v) is 16.0. The zero-order valence-electron chi connectivity index (χ0n) is 15.2. The van der Waals surface area contributed by atoms with E-state index >= 15 is 0 Å². The molecule has 0 N–H and O–H groups in total. The van der Waals surface area contributed by atoms with Gasteiger partial charge in [0, 0.05) is 32.0 Å². The summed E-state index contributed by atoms with van der Waals surface area (Å²) >= 11 is 1.64. The van der Waals surface area contributed by atoms with Crippen molar-refractivity contribution in [1.29, 1.82) is 0 Å². The summed E-state index contributed by atoms with van der Waals surface area (Å²) in [6.45, 7) is 2.72. The van der Waals surface area contributed by atoms with Crippen molar-refractivity contribution >= 4 is 23.0 Å². The molecule has 3 rings (SSSR count). The molecular formula is C19H24N2O3S. The molecule has 0 radical (unpaired) electrons. The normalized spacial score (nSPS) is 16.4. The average Bonchev–Trinajstić information content (AvgIpc) is 3.05. The molecule has 1 unspecified atom stereocenters. The number of ether oxygens (including phenoxy) is 2. The van der Waals surface area contributed by atoms with Crippen molar-refractivity contribution in [3.8, 4) is 10.6 Å². The van der Waals surface area contributed by atoms with Crippen LogP contribution in [-0.2, 0) is 15.9 Å². The van der Waals surface area contributed by atoms with Crippen LogP contribution in [0.4, 0.5) is 5.69 Å². The molecule has 0 saturated carbocycles. The largest absolute Gasteiger partial charge is 0.465 e. The van der Waals surface area contributed by atoms with Crippen molar-refractivity contribution in [1.82, 2.24) is 4.98 Å². The molecule has 1 aliphatic rings. The maximum atomic E-state index is 12.3. The van der Waals surface area contributed by atoms with Gasteiger partial charge in [-0.05, 0) is 44.4 Å². The molecule has 1 heterocycles. The van der Waals surface area contributed by atoms with Gasteiger partial charge in [-0.1, -0.05) is 0 Å². The van der Waals surface area contributed by atoms with Gasteiger partial charge in [0.05, 0.1) is 29.3 Å². The van der Waals surface area contributed by atoms with Gasteiger partial charge in [0.25, 0.3) is 0 Å². The summed E-state index contributed by atoms with van der Waals surface area (Å²) in [5.74, 6) is -0.340. The van der Waals surface area contributed by atoms with Crippen LogP contribution < -0.4 is 4.90 Å². The molecule has 0 saturated heterocycles. The maximum Gasteiger partial charge on any atom is 0.338 e. The molecule has 6 heteroatoms. The first kappa shape index (κ1) is 17.9. The Bertz CT molecular complexity index is 770. The van der Waals surface area contributed by atoms with Crippen LogP contribution in [0.5, 0.6) is 0 Å². The lowest BCUT2D eigenvalue weighted by Gasteiger charge is -2.20. The average molecular weight is 360 g/mol. The number of thiazole rings is 1. The van der Waals surface area contributed by atoms with Gasteiger partial charge in [0.2, 0.25) is 0 Å². The van der Waals surface area contributed by atoms with E-state index in [2.05, 4.69) is 0 Å². The molecule has 1 atom stereocenters. The molecule has 0 aliphatic heterocycles. The molecule has 5 nitrogen and oxygen atoms in total. The number of carbonyl (C=O) groups excluding carboxylic acids is 1. The summed E-state index contributed by atoms with van der Waals surface area (Å²) in [7, 11) is 5.31. The second-order valence-corrected chi connectivity index (χ2v) is 7.31. The first-order chi connectivity index (χ1) is 12.0. The summed E-state index contributed by atoms with van der Waals surface area (Å²) in [5, 5.41) is 0.863. The van der Waals surface area contributed by atoms with Gasteiger partial charge in [-0.2, -0.15) is 0 Å². The van der Waals surface area contributed by atoms with E-state index in [9.17, 15) is 4.79 Å². The van der Waals surface area contributed by atoms with Gasteiger partial charge in [-0.3, -0.25) is 0 Å². The third-order valence-electron chi connectivity index (χ3n) is 4.42. The number of aromatic nitrogens is 1. The molecule has 1 aliphatic carbocycles. The minimum absolute atomic E-state index is 0.127. The number of anilines is 1. The van der Waals surface area contributed by atoms with Gasteiger partial charge in [0.1, 0.15) is 5.01 Å². The summed E-state index contributed by atoms with van der Waals surface area (Å²) in [6.07, 6.45) is 3.22. The highest BCUT2D eigenvalue weighted by molar-refractivity contribution is 7.15. The molecular weight excluding hydrogens is 336 g/mol. The van der Waals surface area contributed by atoms with Crippen molar-refractivity contribution in [2.24, 2.45) is 0 Å². The number of hydrogen-bond acceptors (Lipinski definition) is 6. The summed E-state index contributed by atoms with van der Waals surface area (Å²) < 4.78 is 10.9. The maximum absolute atomic E-state index is 12.3. The van der Waals surface area contributed by atoms with E-state index in [1.54, 1.807) is 11.3 Å². The zero-order chi connectivity index (χ0) is 18.0. The lowest BCUT2D eigenvalue weighted by molar-refractivity contribution is 0.0524. The predicted molar refractivity (Wildman–Crippen MR) is 101 cm³/mol. The van der Waals surface area contributed by atoms with Crippen LogP contribution >= 0.6 is 11.3 Å². The smallest absolute Gasteiger partial charge is 0.338 e. The highest BCUT2D eigenvalue weighted by Gasteiger charge is 2.27. The van der Waals surface area contributed by atoms with Gasteiger partial charge in [0.15, 0.2) is 0 Å². The molecule has 0 spiro atoms. The van der Waals surface area contributed by atoms with Gasteiger partial charge in [-0.15, -0.1) is 11.3 Å². The molecule has 2 aromatic rings. The number of nitrogens with zero attached hydrogens (tertiary/aromatic N) is 2. The molecule has 1 aromatic heterocycles. The van der Waals surface area contributed by atoms with Crippen LogP contribution in [0.25, 0.3) is 10.6 Å². The van der Waals surface area contributed by atoms with Crippen LogP contribution in [-0.4, -0.2) is 38.8 Å². The number of rotatable bonds is 5. The fourth-order valence-corrected chi connectivity index (χ4v) is 4.37. The quantitative estimate of drug-likeness (QED) is 0.752. The Balaban J connectivity index is 2.06. The fourth-order valence-electron chi connectivity index (χ4n) is 3.13. The highest BCUT2D eigenvalue weighted by atomic mass is 32.1. The van der Waals surface area contributed by atoms with Crippen molar-refractivity contribution in [3.63, 3.8) is 0 Å². The van der Waals surface area contributed by atoms with Crippen LogP contribution in [0.3, 0.4) is 0 Å². The van der Waals surface area contributed by atoms with E-state index < -0.39 is 0 Å². The van der Waals surface area contributed by atoms with Crippen LogP contribution in [0.15, 0.2) is 18.2 Å². The molecule has 134 valence electrons. The lowest BCUT2D eigenvalue weighted by atomic mass is 10.0. The van der Waals surface area contributed by atoms with Gasteiger partial charge in [-0.25, -0.2) is 9.78 Å². The molecule has 0 bridgehead atoms. The Morgan fingerprint density at radius 2 is 2.20 bits per heavy atom. The van der Waals surface area contributed by atoms with Crippen LogP contribution in [0, 0.1) is 0 Å². The van der Waals surface area contributed by atoms with Gasteiger partial charge >= 0.3 is 5.97 Å². The third-order valence-corrected chi connectivity index (χ3v) is 5.65. The number of methoxy groups -OCH3 is 1. The van der Waals surface area contributed by atoms with E-state index in [1.807, 2.05) is 44.1 Å². The Labute approximate surface area is 152 Å². The first-order valence-corrected chi connectivity index (χ1v) is 9.38. The number of hydrogen-bond donors (Lipinski definition) is 0. The van der Waals surface area contributed by atoms with E-state index in [0.29, 0.717) is 12.2 Å². The molecule has 25 heavy (non-hydrogen) atoms. The van der Waals surface area contributed by atoms with Crippen molar-refractivity contribution < 1.29 is 14.3 Å². The van der Waals surface area contributed by atoms with Crippen molar-refractivity contribution in [2.45, 2.75) is 32.3 Å². The number of fused-ring (bicyclic) bond motifs is 1. The lowest BCUT2D eigenvalue weighted by Crippen LogP contribution is -2.11. The Kier molecular flexibility index (Phi) is 5.39. The first-order valence-electron chi connectivity index (χ1n) is 8.56. The van der Waals surface area contributed by atoms with E-state index in [4.69, 9.17) is 14.5 Å².